The molecule has 0 saturated heterocycles. The van der Waals surface area contributed by atoms with E-state index in [4.69, 9.17) is 5.11 Å². The van der Waals surface area contributed by atoms with Gasteiger partial charge in [-0.15, -0.1) is 0 Å². The fourth-order valence-corrected chi connectivity index (χ4v) is 2.45. The number of aromatic carboxylic acids is 1. The number of aromatic nitrogens is 1. The van der Waals surface area contributed by atoms with E-state index in [1.807, 2.05) is 19.1 Å². The van der Waals surface area contributed by atoms with Crippen LogP contribution in [0.25, 0.3) is 10.9 Å². The van der Waals surface area contributed by atoms with E-state index in [2.05, 4.69) is 4.98 Å². The number of aryl methyl sites for hydroxylation is 1. The second kappa shape index (κ2) is 4.30. The maximum atomic E-state index is 13.2. The van der Waals surface area contributed by atoms with E-state index in [1.54, 1.807) is 6.07 Å². The largest absolute Gasteiger partial charge is 0.477 e. The van der Waals surface area contributed by atoms with Crippen molar-refractivity contribution in [3.63, 3.8) is 0 Å². The third-order valence-electron chi connectivity index (χ3n) is 3.63. The van der Waals surface area contributed by atoms with Crippen LogP contribution in [0.4, 0.5) is 4.39 Å². The summed E-state index contributed by atoms with van der Waals surface area (Å²) in [5.41, 5.74) is 2.92. The Kier molecular flexibility index (Phi) is 2.73. The first-order valence-electron chi connectivity index (χ1n) is 6.33. The monoisotopic (exact) mass is 259 g/mol. The lowest BCUT2D eigenvalue weighted by molar-refractivity contribution is 0.0691. The molecular formula is C15H14FNO2. The zero-order valence-electron chi connectivity index (χ0n) is 10.6. The first kappa shape index (κ1) is 12.1. The number of benzene rings is 1. The van der Waals surface area contributed by atoms with E-state index in [0.717, 1.165) is 29.4 Å². The van der Waals surface area contributed by atoms with Crippen molar-refractivity contribution < 1.29 is 14.3 Å². The lowest BCUT2D eigenvalue weighted by atomic mass is 9.99. The minimum Gasteiger partial charge on any atom is -0.477 e. The van der Waals surface area contributed by atoms with Gasteiger partial charge in [0, 0.05) is 10.9 Å². The molecule has 0 unspecified atom stereocenters. The highest BCUT2D eigenvalue weighted by Crippen LogP contribution is 2.42. The maximum Gasteiger partial charge on any atom is 0.354 e. The first-order valence-corrected chi connectivity index (χ1v) is 6.33. The van der Waals surface area contributed by atoms with Crippen molar-refractivity contribution in [2.24, 2.45) is 0 Å². The minimum absolute atomic E-state index is 0.0288. The molecule has 0 amide bonds. The molecule has 3 rings (SSSR count). The molecule has 0 spiro atoms. The summed E-state index contributed by atoms with van der Waals surface area (Å²) in [7, 11) is 0. The smallest absolute Gasteiger partial charge is 0.354 e. The van der Waals surface area contributed by atoms with E-state index in [0.29, 0.717) is 17.0 Å². The van der Waals surface area contributed by atoms with Crippen LogP contribution in [0, 0.1) is 6.92 Å². The Hall–Kier alpha value is -1.97. The molecule has 0 aliphatic heterocycles. The molecule has 0 atom stereocenters. The van der Waals surface area contributed by atoms with Gasteiger partial charge in [0.05, 0.1) is 5.52 Å². The van der Waals surface area contributed by atoms with Gasteiger partial charge in [-0.3, -0.25) is 0 Å². The fourth-order valence-electron chi connectivity index (χ4n) is 2.45. The van der Waals surface area contributed by atoms with E-state index >= 15 is 0 Å². The van der Waals surface area contributed by atoms with Gasteiger partial charge in [0.25, 0.3) is 0 Å². The van der Waals surface area contributed by atoms with Gasteiger partial charge in [-0.2, -0.15) is 0 Å². The number of fused-ring (bicyclic) bond motifs is 1. The predicted octanol–water partition coefficient (Wildman–Crippen LogP) is 3.59. The van der Waals surface area contributed by atoms with Crippen molar-refractivity contribution in [1.82, 2.24) is 4.98 Å². The molecule has 98 valence electrons. The summed E-state index contributed by atoms with van der Waals surface area (Å²) in [5, 5.41) is 9.89. The minimum atomic E-state index is -1.08. The lowest BCUT2D eigenvalue weighted by Crippen LogP contribution is -2.03. The second-order valence-electron chi connectivity index (χ2n) is 5.11. The number of nitrogens with zero attached hydrogens (tertiary/aromatic N) is 1. The summed E-state index contributed by atoms with van der Waals surface area (Å²) < 4.78 is 13.2. The first-order chi connectivity index (χ1) is 9.10. The molecule has 1 fully saturated rings. The summed E-state index contributed by atoms with van der Waals surface area (Å²) in [6.45, 7) is 1.22. The summed E-state index contributed by atoms with van der Waals surface area (Å²) in [6, 6.07) is 5.40. The molecule has 1 N–H and O–H groups in total. The summed E-state index contributed by atoms with van der Waals surface area (Å²) in [6.07, 6.45) is 2.30. The molecule has 1 aromatic heterocycles. The highest BCUT2D eigenvalue weighted by Gasteiger charge is 2.25. The van der Waals surface area contributed by atoms with Crippen LogP contribution < -0.4 is 0 Å². The average Bonchev–Trinajstić information content (AvgIpc) is 3.21. The number of carbonyl (C=O) groups is 1. The van der Waals surface area contributed by atoms with Gasteiger partial charge in [0.1, 0.15) is 12.4 Å². The molecule has 0 bridgehead atoms. The van der Waals surface area contributed by atoms with Crippen molar-refractivity contribution >= 4 is 16.9 Å². The lowest BCUT2D eigenvalue weighted by Gasteiger charge is -2.10. The van der Waals surface area contributed by atoms with Crippen molar-refractivity contribution in [2.45, 2.75) is 32.4 Å². The summed E-state index contributed by atoms with van der Waals surface area (Å²) >= 11 is 0. The molecule has 2 aromatic rings. The van der Waals surface area contributed by atoms with Crippen LogP contribution >= 0.6 is 0 Å². The van der Waals surface area contributed by atoms with Crippen LogP contribution in [0.2, 0.25) is 0 Å². The fraction of sp³-hybridized carbons (Fsp3) is 0.333. The van der Waals surface area contributed by atoms with Crippen molar-refractivity contribution in [1.29, 1.82) is 0 Å². The quantitative estimate of drug-likeness (QED) is 0.916. The van der Waals surface area contributed by atoms with Gasteiger partial charge < -0.3 is 5.11 Å². The zero-order chi connectivity index (χ0) is 13.6. The Morgan fingerprint density at radius 2 is 2.16 bits per heavy atom. The van der Waals surface area contributed by atoms with Crippen molar-refractivity contribution in [3.8, 4) is 0 Å². The molecule has 3 nitrogen and oxygen atoms in total. The predicted molar refractivity (Wildman–Crippen MR) is 70.2 cm³/mol. The van der Waals surface area contributed by atoms with Gasteiger partial charge >= 0.3 is 5.97 Å². The number of alkyl halides is 1. The third kappa shape index (κ3) is 2.07. The standard InChI is InChI=1S/C15H14FNO2/c1-8-4-13(15(18)19)17-14-11(7-16)5-10(6-12(8)14)9-2-3-9/h4-6,9H,2-3,7H2,1H3,(H,18,19). The normalized spacial score (nSPS) is 14.8. The van der Waals surface area contributed by atoms with Crippen LogP contribution in [-0.2, 0) is 6.67 Å². The summed E-state index contributed by atoms with van der Waals surface area (Å²) in [4.78, 5) is 15.1. The number of pyridine rings is 1. The Morgan fingerprint density at radius 1 is 1.42 bits per heavy atom. The Labute approximate surface area is 110 Å². The average molecular weight is 259 g/mol. The maximum absolute atomic E-state index is 13.2. The molecule has 4 heteroatoms. The molecule has 1 aliphatic carbocycles. The van der Waals surface area contributed by atoms with Crippen molar-refractivity contribution in [2.75, 3.05) is 0 Å². The van der Waals surface area contributed by atoms with Gasteiger partial charge in [-0.05, 0) is 48.9 Å². The van der Waals surface area contributed by atoms with E-state index in [9.17, 15) is 9.18 Å². The number of hydrogen-bond donors (Lipinski definition) is 1. The molecular weight excluding hydrogens is 245 g/mol. The third-order valence-corrected chi connectivity index (χ3v) is 3.63. The Balaban J connectivity index is 2.29. The Bertz CT molecular complexity index is 677. The van der Waals surface area contributed by atoms with E-state index in [-0.39, 0.29) is 5.69 Å². The highest BCUT2D eigenvalue weighted by molar-refractivity contribution is 5.93. The van der Waals surface area contributed by atoms with Crippen LogP contribution in [0.5, 0.6) is 0 Å². The van der Waals surface area contributed by atoms with Crippen LogP contribution in [0.3, 0.4) is 0 Å². The molecule has 0 radical (unpaired) electrons. The summed E-state index contributed by atoms with van der Waals surface area (Å²) in [5.74, 6) is -0.547. The molecule has 1 heterocycles. The molecule has 1 aromatic carbocycles. The molecule has 19 heavy (non-hydrogen) atoms. The van der Waals surface area contributed by atoms with Crippen LogP contribution in [-0.4, -0.2) is 16.1 Å². The van der Waals surface area contributed by atoms with Gasteiger partial charge in [0.2, 0.25) is 0 Å². The van der Waals surface area contributed by atoms with Crippen LogP contribution in [0.15, 0.2) is 18.2 Å². The van der Waals surface area contributed by atoms with Crippen molar-refractivity contribution in [3.05, 3.63) is 40.6 Å². The SMILES string of the molecule is Cc1cc(C(=O)O)nc2c(CF)cc(C3CC3)cc12. The second-order valence-corrected chi connectivity index (χ2v) is 5.11. The number of rotatable bonds is 3. The van der Waals surface area contributed by atoms with Crippen LogP contribution in [0.1, 0.15) is 45.9 Å². The van der Waals surface area contributed by atoms with Gasteiger partial charge in [-0.25, -0.2) is 14.2 Å². The van der Waals surface area contributed by atoms with E-state index < -0.39 is 12.6 Å². The zero-order valence-corrected chi connectivity index (χ0v) is 10.6. The number of carboxylic acid groups (broad SMARTS) is 1. The molecule has 1 saturated carbocycles. The van der Waals surface area contributed by atoms with E-state index in [1.165, 1.54) is 0 Å². The molecule has 1 aliphatic rings. The Morgan fingerprint density at radius 3 is 2.74 bits per heavy atom. The topological polar surface area (TPSA) is 50.2 Å². The van der Waals surface area contributed by atoms with Gasteiger partial charge in [-0.1, -0.05) is 6.07 Å². The number of halogens is 1. The van der Waals surface area contributed by atoms with Gasteiger partial charge in [0.15, 0.2) is 0 Å². The number of carboxylic acids is 1. The number of hydrogen-bond acceptors (Lipinski definition) is 2. The highest BCUT2D eigenvalue weighted by atomic mass is 19.1.